The highest BCUT2D eigenvalue weighted by Gasteiger charge is 2.41. The molecule has 0 spiro atoms. The number of nitrogens with one attached hydrogen (secondary N) is 1. The largest absolute Gasteiger partial charge is 0.481 e. The van der Waals surface area contributed by atoms with Crippen molar-refractivity contribution in [1.82, 2.24) is 5.32 Å². The van der Waals surface area contributed by atoms with E-state index in [9.17, 15) is 14.4 Å². The Labute approximate surface area is 147 Å². The van der Waals surface area contributed by atoms with Gasteiger partial charge in [-0.15, -0.1) is 0 Å². The third-order valence-electron chi connectivity index (χ3n) is 4.70. The van der Waals surface area contributed by atoms with Crippen molar-refractivity contribution in [2.45, 2.75) is 51.9 Å². The van der Waals surface area contributed by atoms with Crippen LogP contribution >= 0.6 is 0 Å². The molecule has 6 nitrogen and oxygen atoms in total. The lowest BCUT2D eigenvalue weighted by Gasteiger charge is -2.35. The van der Waals surface area contributed by atoms with Gasteiger partial charge >= 0.3 is 11.9 Å². The van der Waals surface area contributed by atoms with Crippen LogP contribution < -0.4 is 10.1 Å². The van der Waals surface area contributed by atoms with Gasteiger partial charge in [0, 0.05) is 19.9 Å². The number of carboxylic acids is 1. The first-order valence-corrected chi connectivity index (χ1v) is 8.69. The maximum Gasteiger partial charge on any atom is 0.319 e. The number of hydrogen-bond donors (Lipinski definition) is 2. The number of carboxylic acid groups (broad SMARTS) is 1. The van der Waals surface area contributed by atoms with Gasteiger partial charge in [0.2, 0.25) is 5.91 Å². The van der Waals surface area contributed by atoms with Crippen LogP contribution in [0.3, 0.4) is 0 Å². The van der Waals surface area contributed by atoms with Crippen LogP contribution in [0.5, 0.6) is 5.75 Å². The Hall–Kier alpha value is -2.37. The average Bonchev–Trinajstić information content (AvgIpc) is 2.60. The molecule has 1 aromatic carbocycles. The number of rotatable bonds is 7. The van der Waals surface area contributed by atoms with Crippen LogP contribution in [0.2, 0.25) is 0 Å². The highest BCUT2D eigenvalue weighted by molar-refractivity contribution is 5.81. The lowest BCUT2D eigenvalue weighted by Crippen LogP contribution is -2.46. The van der Waals surface area contributed by atoms with Gasteiger partial charge in [0.1, 0.15) is 5.75 Å². The topological polar surface area (TPSA) is 92.7 Å². The fraction of sp³-hybridized carbons (Fsp3) is 0.526. The minimum absolute atomic E-state index is 0.0222. The Kier molecular flexibility index (Phi) is 6.56. The van der Waals surface area contributed by atoms with E-state index in [1.54, 1.807) is 24.3 Å². The molecule has 2 N–H and O–H groups in total. The molecule has 25 heavy (non-hydrogen) atoms. The van der Waals surface area contributed by atoms with Crippen LogP contribution in [0, 0.1) is 5.41 Å². The van der Waals surface area contributed by atoms with E-state index < -0.39 is 11.4 Å². The van der Waals surface area contributed by atoms with Gasteiger partial charge in [-0.2, -0.15) is 0 Å². The minimum Gasteiger partial charge on any atom is -0.481 e. The van der Waals surface area contributed by atoms with Gasteiger partial charge in [-0.3, -0.25) is 14.4 Å². The van der Waals surface area contributed by atoms with E-state index in [2.05, 4.69) is 5.32 Å². The molecular formula is C19H25NO5. The van der Waals surface area contributed by atoms with E-state index in [1.165, 1.54) is 6.92 Å². The molecule has 0 bridgehead atoms. The van der Waals surface area contributed by atoms with Crippen LogP contribution in [-0.4, -0.2) is 29.5 Å². The molecule has 0 atom stereocenters. The molecule has 1 amide bonds. The quantitative estimate of drug-likeness (QED) is 0.584. The summed E-state index contributed by atoms with van der Waals surface area (Å²) in [5, 5.41) is 11.6. The highest BCUT2D eigenvalue weighted by atomic mass is 16.5. The second kappa shape index (κ2) is 8.65. The number of ether oxygens (including phenoxy) is 1. The van der Waals surface area contributed by atoms with E-state index in [0.717, 1.165) is 19.3 Å². The summed E-state index contributed by atoms with van der Waals surface area (Å²) in [4.78, 5) is 35.0. The first-order valence-electron chi connectivity index (χ1n) is 8.69. The predicted octanol–water partition coefficient (Wildman–Crippen LogP) is 2.70. The van der Waals surface area contributed by atoms with Gasteiger partial charge in [0.25, 0.3) is 0 Å². The molecule has 136 valence electrons. The number of carbonyl (C=O) groups is 3. The van der Waals surface area contributed by atoms with E-state index >= 15 is 0 Å². The summed E-state index contributed by atoms with van der Waals surface area (Å²) in [6.45, 7) is 1.71. The number of aliphatic carboxylic acids is 1. The van der Waals surface area contributed by atoms with Gasteiger partial charge in [-0.1, -0.05) is 37.5 Å². The molecule has 1 fully saturated rings. The normalized spacial score (nSPS) is 16.0. The molecule has 0 heterocycles. The number of benzene rings is 1. The van der Waals surface area contributed by atoms with Crippen molar-refractivity contribution in [1.29, 1.82) is 0 Å². The Morgan fingerprint density at radius 1 is 1.16 bits per heavy atom. The van der Waals surface area contributed by atoms with Crippen molar-refractivity contribution in [3.63, 3.8) is 0 Å². The molecule has 2 rings (SSSR count). The summed E-state index contributed by atoms with van der Waals surface area (Å²) in [5.41, 5.74) is -0.00663. The number of carbonyl (C=O) groups excluding carboxylic acids is 2. The van der Waals surface area contributed by atoms with E-state index in [-0.39, 0.29) is 24.8 Å². The minimum atomic E-state index is -0.893. The smallest absolute Gasteiger partial charge is 0.319 e. The summed E-state index contributed by atoms with van der Waals surface area (Å²) < 4.78 is 5.67. The van der Waals surface area contributed by atoms with Crippen LogP contribution in [0.1, 0.15) is 51.0 Å². The second-order valence-electron chi connectivity index (χ2n) is 6.64. The Bertz CT molecular complexity index is 634. The SMILES string of the molecule is CC(=O)NCC1(C(=O)Oc2ccccc2CCC(=O)O)CCCCC1. The average molecular weight is 347 g/mol. The summed E-state index contributed by atoms with van der Waals surface area (Å²) >= 11 is 0. The van der Waals surface area contributed by atoms with Crippen molar-refractivity contribution < 1.29 is 24.2 Å². The predicted molar refractivity (Wildman–Crippen MR) is 92.2 cm³/mol. The third-order valence-corrected chi connectivity index (χ3v) is 4.70. The van der Waals surface area contributed by atoms with Crippen molar-refractivity contribution in [2.24, 2.45) is 5.41 Å². The lowest BCUT2D eigenvalue weighted by molar-refractivity contribution is -0.148. The Morgan fingerprint density at radius 2 is 1.84 bits per heavy atom. The zero-order valence-electron chi connectivity index (χ0n) is 14.5. The van der Waals surface area contributed by atoms with Gasteiger partial charge in [0.05, 0.1) is 5.41 Å². The third kappa shape index (κ3) is 5.31. The summed E-state index contributed by atoms with van der Waals surface area (Å²) in [6, 6.07) is 7.01. The summed E-state index contributed by atoms with van der Waals surface area (Å²) in [7, 11) is 0. The molecule has 0 saturated heterocycles. The fourth-order valence-electron chi connectivity index (χ4n) is 3.23. The molecule has 1 aliphatic carbocycles. The maximum atomic E-state index is 12.9. The van der Waals surface area contributed by atoms with Gasteiger partial charge in [-0.25, -0.2) is 0 Å². The zero-order valence-corrected chi connectivity index (χ0v) is 14.5. The monoisotopic (exact) mass is 347 g/mol. The number of para-hydroxylation sites is 1. The standard InChI is InChI=1S/C19H25NO5/c1-14(21)20-13-19(11-5-2-6-12-19)18(24)25-16-8-4-3-7-15(16)9-10-17(22)23/h3-4,7-8H,2,5-6,9-13H2,1H3,(H,20,21)(H,22,23). The van der Waals surface area contributed by atoms with Crippen LogP contribution in [0.4, 0.5) is 0 Å². The van der Waals surface area contributed by atoms with Crippen molar-refractivity contribution in [3.8, 4) is 5.75 Å². The van der Waals surface area contributed by atoms with E-state index in [1.807, 2.05) is 0 Å². The first kappa shape index (κ1) is 19.0. The Morgan fingerprint density at radius 3 is 2.48 bits per heavy atom. The van der Waals surface area contributed by atoms with Crippen molar-refractivity contribution in [2.75, 3.05) is 6.54 Å². The second-order valence-corrected chi connectivity index (χ2v) is 6.64. The fourth-order valence-corrected chi connectivity index (χ4v) is 3.23. The number of hydrogen-bond acceptors (Lipinski definition) is 4. The number of amides is 1. The number of esters is 1. The molecule has 0 unspecified atom stereocenters. The zero-order chi connectivity index (χ0) is 18.3. The summed E-state index contributed by atoms with van der Waals surface area (Å²) in [6.07, 6.45) is 4.57. The van der Waals surface area contributed by atoms with Crippen LogP contribution in [-0.2, 0) is 20.8 Å². The Balaban J connectivity index is 2.15. The molecule has 0 radical (unpaired) electrons. The molecule has 1 aromatic rings. The van der Waals surface area contributed by atoms with Crippen molar-refractivity contribution >= 4 is 17.8 Å². The van der Waals surface area contributed by atoms with Crippen LogP contribution in [0.15, 0.2) is 24.3 Å². The number of aryl methyl sites for hydroxylation is 1. The molecule has 1 aliphatic rings. The van der Waals surface area contributed by atoms with Crippen LogP contribution in [0.25, 0.3) is 0 Å². The highest BCUT2D eigenvalue weighted by Crippen LogP contribution is 2.37. The molecule has 0 aromatic heterocycles. The van der Waals surface area contributed by atoms with Gasteiger partial charge in [0.15, 0.2) is 0 Å². The first-order chi connectivity index (χ1) is 11.9. The molecule has 6 heteroatoms. The van der Waals surface area contributed by atoms with Gasteiger partial charge < -0.3 is 15.2 Å². The maximum absolute atomic E-state index is 12.9. The van der Waals surface area contributed by atoms with Crippen molar-refractivity contribution in [3.05, 3.63) is 29.8 Å². The molecule has 1 saturated carbocycles. The van der Waals surface area contributed by atoms with E-state index in [4.69, 9.17) is 9.84 Å². The molecular weight excluding hydrogens is 322 g/mol. The lowest BCUT2D eigenvalue weighted by atomic mass is 9.74. The summed E-state index contributed by atoms with van der Waals surface area (Å²) in [5.74, 6) is -1.000. The molecule has 0 aliphatic heterocycles. The van der Waals surface area contributed by atoms with Gasteiger partial charge in [-0.05, 0) is 30.9 Å². The van der Waals surface area contributed by atoms with E-state index in [0.29, 0.717) is 30.6 Å².